The molecule has 0 spiro atoms. The van der Waals surface area contributed by atoms with Crippen LogP contribution in [0.3, 0.4) is 0 Å². The van der Waals surface area contributed by atoms with Crippen molar-refractivity contribution in [2.24, 2.45) is 0 Å². The average molecular weight is 467 g/mol. The topological polar surface area (TPSA) is 75.7 Å². The van der Waals surface area contributed by atoms with E-state index in [0.29, 0.717) is 23.5 Å². The lowest BCUT2D eigenvalue weighted by Crippen LogP contribution is -2.38. The number of carbonyl (C=O) groups excluding carboxylic acids is 1. The van der Waals surface area contributed by atoms with Crippen LogP contribution < -0.4 is 14.4 Å². The first kappa shape index (κ1) is 24.3. The molecule has 0 saturated heterocycles. The van der Waals surface area contributed by atoms with Crippen LogP contribution in [0.2, 0.25) is 0 Å². The van der Waals surface area contributed by atoms with Crippen molar-refractivity contribution in [3.63, 3.8) is 0 Å². The molecule has 0 unspecified atom stereocenters. The van der Waals surface area contributed by atoms with Gasteiger partial charge in [-0.15, -0.1) is 0 Å². The number of amides is 1. The molecule has 0 aliphatic carbocycles. The molecule has 0 atom stereocenters. The normalized spacial score (nSPS) is 11.3. The summed E-state index contributed by atoms with van der Waals surface area (Å²) in [4.78, 5) is 13.1. The predicted octanol–water partition coefficient (Wildman–Crippen LogP) is 5.18. The number of nitrogens with one attached hydrogen (secondary N) is 1. The summed E-state index contributed by atoms with van der Waals surface area (Å²) in [6.07, 6.45) is 0.628. The fourth-order valence-electron chi connectivity index (χ4n) is 3.44. The molecule has 33 heavy (non-hydrogen) atoms. The third kappa shape index (κ3) is 6.14. The minimum Gasteiger partial charge on any atom is -0.491 e. The van der Waals surface area contributed by atoms with Gasteiger partial charge < -0.3 is 10.1 Å². The Morgan fingerprint density at radius 3 is 2.36 bits per heavy atom. The molecule has 0 aliphatic rings. The molecule has 3 aromatic rings. The van der Waals surface area contributed by atoms with Crippen molar-refractivity contribution >= 4 is 27.3 Å². The van der Waals surface area contributed by atoms with Crippen LogP contribution in [-0.4, -0.2) is 27.0 Å². The maximum Gasteiger partial charge on any atom is 0.264 e. The fourth-order valence-corrected chi connectivity index (χ4v) is 4.90. The van der Waals surface area contributed by atoms with E-state index in [1.807, 2.05) is 39.8 Å². The Morgan fingerprint density at radius 2 is 1.70 bits per heavy atom. The fraction of sp³-hybridized carbons (Fsp3) is 0.269. The van der Waals surface area contributed by atoms with Crippen molar-refractivity contribution in [2.45, 2.75) is 45.1 Å². The highest BCUT2D eigenvalue weighted by Gasteiger charge is 2.28. The second kappa shape index (κ2) is 10.5. The minimum atomic E-state index is -3.97. The molecule has 0 heterocycles. The number of hydrogen-bond acceptors (Lipinski definition) is 4. The maximum atomic E-state index is 13.6. The molecule has 1 N–H and O–H groups in total. The number of rotatable bonds is 9. The maximum absolute atomic E-state index is 13.6. The third-order valence-electron chi connectivity index (χ3n) is 5.03. The van der Waals surface area contributed by atoms with Crippen LogP contribution in [-0.2, 0) is 21.2 Å². The molecule has 1 amide bonds. The number of benzene rings is 3. The first-order valence-electron chi connectivity index (χ1n) is 10.9. The summed E-state index contributed by atoms with van der Waals surface area (Å²) in [6.45, 7) is 7.33. The molecule has 0 saturated carbocycles. The first-order valence-corrected chi connectivity index (χ1v) is 12.4. The minimum absolute atomic E-state index is 0.00311. The summed E-state index contributed by atoms with van der Waals surface area (Å²) in [7, 11) is -3.97. The molecule has 6 nitrogen and oxygen atoms in total. The van der Waals surface area contributed by atoms with Gasteiger partial charge in [0, 0.05) is 11.8 Å². The molecule has 0 aromatic heterocycles. The number of carbonyl (C=O) groups is 1. The van der Waals surface area contributed by atoms with E-state index in [1.54, 1.807) is 60.7 Å². The predicted molar refractivity (Wildman–Crippen MR) is 132 cm³/mol. The van der Waals surface area contributed by atoms with Gasteiger partial charge in [-0.1, -0.05) is 48.9 Å². The highest BCUT2D eigenvalue weighted by molar-refractivity contribution is 7.92. The van der Waals surface area contributed by atoms with Gasteiger partial charge in [-0.05, 0) is 63.1 Å². The van der Waals surface area contributed by atoms with Crippen molar-refractivity contribution in [2.75, 3.05) is 16.2 Å². The van der Waals surface area contributed by atoms with E-state index in [0.717, 1.165) is 11.1 Å². The first-order chi connectivity index (χ1) is 15.7. The van der Waals surface area contributed by atoms with Crippen molar-refractivity contribution in [1.29, 1.82) is 0 Å². The van der Waals surface area contributed by atoms with Gasteiger partial charge in [0.2, 0.25) is 5.91 Å². The van der Waals surface area contributed by atoms with E-state index < -0.39 is 15.9 Å². The second-order valence-corrected chi connectivity index (χ2v) is 9.91. The van der Waals surface area contributed by atoms with Gasteiger partial charge in [-0.2, -0.15) is 0 Å². The van der Waals surface area contributed by atoms with E-state index in [9.17, 15) is 13.2 Å². The molecule has 3 aromatic carbocycles. The summed E-state index contributed by atoms with van der Waals surface area (Å²) >= 11 is 0. The van der Waals surface area contributed by atoms with Crippen molar-refractivity contribution in [3.05, 3.63) is 83.9 Å². The van der Waals surface area contributed by atoms with Gasteiger partial charge in [-0.25, -0.2) is 8.42 Å². The van der Waals surface area contributed by atoms with E-state index in [4.69, 9.17) is 4.74 Å². The van der Waals surface area contributed by atoms with Gasteiger partial charge in [0.15, 0.2) is 0 Å². The molecular formula is C26H30N2O4S. The lowest BCUT2D eigenvalue weighted by atomic mass is 10.1. The SMILES string of the molecule is CCc1ccccc1N(CC(=O)Nc1cccc(OC(C)C)c1)S(=O)(=O)c1ccc(C)cc1. The van der Waals surface area contributed by atoms with Crippen molar-refractivity contribution in [1.82, 2.24) is 0 Å². The zero-order valence-electron chi connectivity index (χ0n) is 19.4. The van der Waals surface area contributed by atoms with Gasteiger partial charge in [0.25, 0.3) is 10.0 Å². The van der Waals surface area contributed by atoms with Gasteiger partial charge in [-0.3, -0.25) is 9.10 Å². The van der Waals surface area contributed by atoms with Gasteiger partial charge >= 0.3 is 0 Å². The van der Waals surface area contributed by atoms with E-state index >= 15 is 0 Å². The molecule has 0 bridgehead atoms. The number of ether oxygens (including phenoxy) is 1. The molecular weight excluding hydrogens is 436 g/mol. The highest BCUT2D eigenvalue weighted by Crippen LogP contribution is 2.28. The quantitative estimate of drug-likeness (QED) is 0.472. The van der Waals surface area contributed by atoms with Crippen LogP contribution in [0.1, 0.15) is 31.9 Å². The second-order valence-electron chi connectivity index (χ2n) is 8.05. The Kier molecular flexibility index (Phi) is 7.76. The zero-order chi connectivity index (χ0) is 24.0. The molecule has 3 rings (SSSR count). The van der Waals surface area contributed by atoms with Crippen LogP contribution in [0.25, 0.3) is 0 Å². The number of sulfonamides is 1. The molecule has 0 radical (unpaired) electrons. The Bertz CT molecular complexity index is 1200. The largest absolute Gasteiger partial charge is 0.491 e. The lowest BCUT2D eigenvalue weighted by molar-refractivity contribution is -0.114. The summed E-state index contributed by atoms with van der Waals surface area (Å²) in [5.74, 6) is 0.182. The Hall–Kier alpha value is -3.32. The molecule has 174 valence electrons. The van der Waals surface area contributed by atoms with E-state index in [1.165, 1.54) is 4.31 Å². The third-order valence-corrected chi connectivity index (χ3v) is 6.80. The van der Waals surface area contributed by atoms with Gasteiger partial charge in [0.05, 0.1) is 16.7 Å². The average Bonchev–Trinajstić information content (AvgIpc) is 2.77. The van der Waals surface area contributed by atoms with Crippen LogP contribution in [0.4, 0.5) is 11.4 Å². The molecule has 7 heteroatoms. The highest BCUT2D eigenvalue weighted by atomic mass is 32.2. The molecule has 0 aliphatic heterocycles. The van der Waals surface area contributed by atoms with E-state index in [-0.39, 0.29) is 17.5 Å². The Morgan fingerprint density at radius 1 is 1.00 bits per heavy atom. The standard InChI is InChI=1S/C26H30N2O4S/c1-5-21-9-6-7-12-25(21)28(33(30,31)24-15-13-20(4)14-16-24)18-26(29)27-22-10-8-11-23(17-22)32-19(2)3/h6-17,19H,5,18H2,1-4H3,(H,27,29). The summed E-state index contributed by atoms with van der Waals surface area (Å²) < 4.78 is 34.1. The monoisotopic (exact) mass is 466 g/mol. The number of hydrogen-bond donors (Lipinski definition) is 1. The number of anilines is 2. The van der Waals surface area contributed by atoms with Crippen LogP contribution in [0.5, 0.6) is 5.75 Å². The van der Waals surface area contributed by atoms with E-state index in [2.05, 4.69) is 5.32 Å². The number of nitrogens with zero attached hydrogens (tertiary/aromatic N) is 1. The van der Waals surface area contributed by atoms with Crippen LogP contribution in [0, 0.1) is 6.92 Å². The number of aryl methyl sites for hydroxylation is 2. The summed E-state index contributed by atoms with van der Waals surface area (Å²) in [5.41, 5.74) is 2.83. The summed E-state index contributed by atoms with van der Waals surface area (Å²) in [6, 6.07) is 20.9. The van der Waals surface area contributed by atoms with Crippen molar-refractivity contribution < 1.29 is 17.9 Å². The smallest absolute Gasteiger partial charge is 0.264 e. The summed E-state index contributed by atoms with van der Waals surface area (Å²) in [5, 5.41) is 2.80. The number of para-hydroxylation sites is 1. The van der Waals surface area contributed by atoms with Gasteiger partial charge in [0.1, 0.15) is 12.3 Å². The van der Waals surface area contributed by atoms with Crippen molar-refractivity contribution in [3.8, 4) is 5.75 Å². The van der Waals surface area contributed by atoms with Crippen LogP contribution in [0.15, 0.2) is 77.7 Å². The Labute approximate surface area is 196 Å². The van der Waals surface area contributed by atoms with Crippen LogP contribution >= 0.6 is 0 Å². The molecule has 0 fully saturated rings. The lowest BCUT2D eigenvalue weighted by Gasteiger charge is -2.26. The zero-order valence-corrected chi connectivity index (χ0v) is 20.2. The Balaban J connectivity index is 1.93.